The van der Waals surface area contributed by atoms with E-state index in [0.717, 1.165) is 0 Å². The Morgan fingerprint density at radius 2 is 1.80 bits per heavy atom. The molecule has 25 heavy (non-hydrogen) atoms. The number of fused-ring (bicyclic) bond motifs is 1. The number of halogens is 1. The van der Waals surface area contributed by atoms with Crippen LogP contribution >= 0.6 is 11.6 Å². The van der Waals surface area contributed by atoms with Gasteiger partial charge in [-0.2, -0.15) is 0 Å². The second-order valence-electron chi connectivity index (χ2n) is 5.47. The zero-order valence-corrected chi connectivity index (χ0v) is 14.1. The third-order valence-electron chi connectivity index (χ3n) is 4.04. The van der Waals surface area contributed by atoms with Crippen LogP contribution in [-0.2, 0) is 14.3 Å². The van der Waals surface area contributed by atoms with Crippen LogP contribution in [0.25, 0.3) is 0 Å². The molecule has 1 atom stereocenters. The fourth-order valence-electron chi connectivity index (χ4n) is 2.90. The number of ketones is 1. The molecule has 0 saturated carbocycles. The first-order chi connectivity index (χ1) is 12.0. The number of rotatable bonds is 4. The molecule has 2 aromatic carbocycles. The highest BCUT2D eigenvalue weighted by atomic mass is 35.5. The van der Waals surface area contributed by atoms with Gasteiger partial charge in [-0.15, -0.1) is 0 Å². The molecule has 0 aromatic heterocycles. The summed E-state index contributed by atoms with van der Waals surface area (Å²) in [5.41, 5.74) is 1.16. The van der Waals surface area contributed by atoms with Crippen LogP contribution in [-0.4, -0.2) is 24.8 Å². The van der Waals surface area contributed by atoms with Gasteiger partial charge in [0.2, 0.25) is 0 Å². The summed E-state index contributed by atoms with van der Waals surface area (Å²) >= 11 is 6.10. The van der Waals surface area contributed by atoms with E-state index in [2.05, 4.69) is 6.58 Å². The Morgan fingerprint density at radius 1 is 1.12 bits per heavy atom. The van der Waals surface area contributed by atoms with Crippen molar-refractivity contribution in [2.24, 2.45) is 0 Å². The van der Waals surface area contributed by atoms with E-state index in [9.17, 15) is 14.4 Å². The summed E-state index contributed by atoms with van der Waals surface area (Å²) in [4.78, 5) is 38.4. The van der Waals surface area contributed by atoms with Crippen LogP contribution in [0.1, 0.15) is 22.0 Å². The molecule has 0 bridgehead atoms. The van der Waals surface area contributed by atoms with Crippen LogP contribution < -0.4 is 4.90 Å². The number of anilines is 1. The fraction of sp³-hybridized carbons (Fsp3) is 0.105. The molecule has 6 heteroatoms. The average Bonchev–Trinajstić information content (AvgIpc) is 2.88. The van der Waals surface area contributed by atoms with Gasteiger partial charge in [0.15, 0.2) is 0 Å². The predicted molar refractivity (Wildman–Crippen MR) is 93.6 cm³/mol. The van der Waals surface area contributed by atoms with Crippen molar-refractivity contribution in [3.05, 3.63) is 76.8 Å². The SMILES string of the molecule is C=C(C(=O)OC)[C@H](c1ccccc1)N1C(=O)C(=O)c2c(Cl)cccc21. The molecule has 3 rings (SSSR count). The summed E-state index contributed by atoms with van der Waals surface area (Å²) < 4.78 is 4.76. The maximum atomic E-state index is 12.7. The number of hydrogen-bond acceptors (Lipinski definition) is 4. The van der Waals surface area contributed by atoms with Crippen LogP contribution in [0.4, 0.5) is 5.69 Å². The van der Waals surface area contributed by atoms with Crippen molar-refractivity contribution in [1.82, 2.24) is 0 Å². The molecular formula is C19H14ClNO4. The van der Waals surface area contributed by atoms with Gasteiger partial charge in [-0.05, 0) is 17.7 Å². The Hall–Kier alpha value is -2.92. The Labute approximate surface area is 149 Å². The summed E-state index contributed by atoms with van der Waals surface area (Å²) in [6.07, 6.45) is 0. The highest BCUT2D eigenvalue weighted by Gasteiger charge is 2.43. The Bertz CT molecular complexity index is 892. The highest BCUT2D eigenvalue weighted by molar-refractivity contribution is 6.55. The number of carbonyl (C=O) groups excluding carboxylic acids is 3. The number of benzene rings is 2. The van der Waals surface area contributed by atoms with Gasteiger partial charge in [0.25, 0.3) is 11.7 Å². The van der Waals surface area contributed by atoms with E-state index in [1.165, 1.54) is 12.0 Å². The molecule has 1 aliphatic heterocycles. The van der Waals surface area contributed by atoms with E-state index in [4.69, 9.17) is 16.3 Å². The molecule has 1 aliphatic rings. The van der Waals surface area contributed by atoms with Gasteiger partial charge < -0.3 is 4.74 Å². The molecule has 1 amide bonds. The number of carbonyl (C=O) groups is 3. The largest absolute Gasteiger partial charge is 0.466 e. The standard InChI is InChI=1S/C19H14ClNO4/c1-11(19(24)25-2)16(12-7-4-3-5-8-12)21-14-10-6-9-13(20)15(14)17(22)18(21)23/h3-10,16H,1H2,2H3/t16-/m1/s1. The molecular weight excluding hydrogens is 342 g/mol. The Kier molecular flexibility index (Phi) is 4.42. The third-order valence-corrected chi connectivity index (χ3v) is 4.36. The minimum Gasteiger partial charge on any atom is -0.466 e. The molecule has 1 heterocycles. The minimum absolute atomic E-state index is 0.0441. The van der Waals surface area contributed by atoms with Gasteiger partial charge in [0.05, 0.1) is 35.0 Å². The number of methoxy groups -OCH3 is 1. The molecule has 2 aromatic rings. The molecule has 0 unspecified atom stereocenters. The normalized spacial score (nSPS) is 14.2. The number of ether oxygens (including phenoxy) is 1. The van der Waals surface area contributed by atoms with Gasteiger partial charge in [0.1, 0.15) is 0 Å². The summed E-state index contributed by atoms with van der Waals surface area (Å²) in [5.74, 6) is -2.13. The zero-order chi connectivity index (χ0) is 18.1. The van der Waals surface area contributed by atoms with Crippen molar-refractivity contribution in [2.75, 3.05) is 12.0 Å². The van der Waals surface area contributed by atoms with E-state index in [0.29, 0.717) is 11.3 Å². The fourth-order valence-corrected chi connectivity index (χ4v) is 3.16. The Balaban J connectivity index is 2.20. The van der Waals surface area contributed by atoms with Gasteiger partial charge in [0, 0.05) is 0 Å². The van der Waals surface area contributed by atoms with Crippen molar-refractivity contribution < 1.29 is 19.1 Å². The monoisotopic (exact) mass is 355 g/mol. The van der Waals surface area contributed by atoms with Gasteiger partial charge in [-0.3, -0.25) is 14.5 Å². The maximum absolute atomic E-state index is 12.7. The molecule has 0 saturated heterocycles. The Morgan fingerprint density at radius 3 is 2.44 bits per heavy atom. The number of nitrogens with zero attached hydrogens (tertiary/aromatic N) is 1. The molecule has 5 nitrogen and oxygen atoms in total. The van der Waals surface area contributed by atoms with Gasteiger partial charge in [-0.1, -0.05) is 54.6 Å². The topological polar surface area (TPSA) is 63.7 Å². The van der Waals surface area contributed by atoms with Crippen molar-refractivity contribution in [2.45, 2.75) is 6.04 Å². The first kappa shape index (κ1) is 16.9. The van der Waals surface area contributed by atoms with E-state index in [-0.39, 0.29) is 16.2 Å². The molecule has 0 radical (unpaired) electrons. The van der Waals surface area contributed by atoms with Crippen molar-refractivity contribution >= 4 is 34.9 Å². The lowest BCUT2D eigenvalue weighted by Crippen LogP contribution is -2.36. The molecule has 0 N–H and O–H groups in total. The van der Waals surface area contributed by atoms with E-state index >= 15 is 0 Å². The highest BCUT2D eigenvalue weighted by Crippen LogP contribution is 2.41. The predicted octanol–water partition coefficient (Wildman–Crippen LogP) is 3.34. The lowest BCUT2D eigenvalue weighted by Gasteiger charge is -2.29. The third kappa shape index (κ3) is 2.72. The lowest BCUT2D eigenvalue weighted by molar-refractivity contribution is -0.136. The molecule has 0 spiro atoms. The van der Waals surface area contributed by atoms with E-state index in [1.807, 2.05) is 6.07 Å². The minimum atomic E-state index is -0.871. The summed E-state index contributed by atoms with van der Waals surface area (Å²) in [6, 6.07) is 12.8. The summed E-state index contributed by atoms with van der Waals surface area (Å²) in [5, 5.41) is 0.189. The summed E-state index contributed by atoms with van der Waals surface area (Å²) in [7, 11) is 1.23. The quantitative estimate of drug-likeness (QED) is 0.479. The number of Topliss-reactive ketones (excluding diaryl/α,β-unsaturated/α-hetero) is 1. The van der Waals surface area contributed by atoms with Crippen LogP contribution in [0.15, 0.2) is 60.7 Å². The summed E-state index contributed by atoms with van der Waals surface area (Å²) in [6.45, 7) is 3.79. The molecule has 126 valence electrons. The maximum Gasteiger partial charge on any atom is 0.335 e. The van der Waals surface area contributed by atoms with Gasteiger partial charge in [-0.25, -0.2) is 4.79 Å². The number of hydrogen-bond donors (Lipinski definition) is 0. The van der Waals surface area contributed by atoms with Gasteiger partial charge >= 0.3 is 5.97 Å². The number of amides is 1. The van der Waals surface area contributed by atoms with E-state index < -0.39 is 23.7 Å². The van der Waals surface area contributed by atoms with Crippen LogP contribution in [0.5, 0.6) is 0 Å². The van der Waals surface area contributed by atoms with E-state index in [1.54, 1.807) is 42.5 Å². The smallest absolute Gasteiger partial charge is 0.335 e. The average molecular weight is 356 g/mol. The first-order valence-corrected chi connectivity index (χ1v) is 7.83. The second kappa shape index (κ2) is 6.53. The molecule has 0 fully saturated rings. The van der Waals surface area contributed by atoms with Crippen LogP contribution in [0.3, 0.4) is 0 Å². The number of esters is 1. The lowest BCUT2D eigenvalue weighted by atomic mass is 9.98. The van der Waals surface area contributed by atoms with Crippen LogP contribution in [0.2, 0.25) is 5.02 Å². The van der Waals surface area contributed by atoms with Crippen LogP contribution in [0, 0.1) is 0 Å². The van der Waals surface area contributed by atoms with Crippen molar-refractivity contribution in [3.8, 4) is 0 Å². The van der Waals surface area contributed by atoms with Crippen molar-refractivity contribution in [3.63, 3.8) is 0 Å². The first-order valence-electron chi connectivity index (χ1n) is 7.45. The zero-order valence-electron chi connectivity index (χ0n) is 13.4. The van der Waals surface area contributed by atoms with Crippen molar-refractivity contribution in [1.29, 1.82) is 0 Å². The second-order valence-corrected chi connectivity index (χ2v) is 5.88. The molecule has 0 aliphatic carbocycles.